The third-order valence-electron chi connectivity index (χ3n) is 5.41. The molecule has 0 saturated carbocycles. The zero-order valence-corrected chi connectivity index (χ0v) is 15.9. The number of hydrogen-bond acceptors (Lipinski definition) is 4. The average molecular weight is 382 g/mol. The molecule has 0 aliphatic heterocycles. The van der Waals surface area contributed by atoms with Crippen LogP contribution in [-0.4, -0.2) is 16.1 Å². The predicted molar refractivity (Wildman–Crippen MR) is 102 cm³/mol. The van der Waals surface area contributed by atoms with Gasteiger partial charge in [-0.3, -0.25) is 10.0 Å². The fraction of sp³-hybridized carbons (Fsp3) is 0.238. The van der Waals surface area contributed by atoms with Crippen LogP contribution < -0.4 is 5.48 Å². The molecule has 1 aliphatic rings. The highest BCUT2D eigenvalue weighted by Crippen LogP contribution is 2.50. The summed E-state index contributed by atoms with van der Waals surface area (Å²) in [5.41, 5.74) is 4.63. The van der Waals surface area contributed by atoms with Gasteiger partial charge in [0, 0.05) is 10.4 Å². The number of fused-ring (bicyclic) bond motifs is 1. The molecule has 1 amide bonds. The van der Waals surface area contributed by atoms with Crippen molar-refractivity contribution in [3.8, 4) is 10.6 Å². The summed E-state index contributed by atoms with van der Waals surface area (Å²) in [6.45, 7) is 3.69. The first-order chi connectivity index (χ1) is 13.0. The fourth-order valence-corrected chi connectivity index (χ4v) is 5.40. The van der Waals surface area contributed by atoms with Crippen LogP contribution in [0.5, 0.6) is 0 Å². The number of hydroxylamine groups is 1. The maximum absolute atomic E-state index is 14.3. The molecule has 27 heavy (non-hydrogen) atoms. The number of carbonyl (C=O) groups excluding carboxylic acids is 1. The van der Waals surface area contributed by atoms with Crippen molar-refractivity contribution in [2.75, 3.05) is 0 Å². The Hall–Kier alpha value is -2.57. The van der Waals surface area contributed by atoms with Crippen LogP contribution in [0, 0.1) is 19.7 Å². The van der Waals surface area contributed by atoms with Crippen molar-refractivity contribution in [3.63, 3.8) is 0 Å². The van der Waals surface area contributed by atoms with Crippen molar-refractivity contribution >= 4 is 17.2 Å². The molecule has 0 unspecified atom stereocenters. The van der Waals surface area contributed by atoms with Gasteiger partial charge in [0.1, 0.15) is 16.2 Å². The monoisotopic (exact) mass is 382 g/mol. The van der Waals surface area contributed by atoms with E-state index in [9.17, 15) is 14.4 Å². The number of rotatable bonds is 3. The van der Waals surface area contributed by atoms with Crippen molar-refractivity contribution in [3.05, 3.63) is 75.5 Å². The zero-order chi connectivity index (χ0) is 19.2. The third kappa shape index (κ3) is 2.59. The Morgan fingerprint density at radius 2 is 2.00 bits per heavy atom. The zero-order valence-electron chi connectivity index (χ0n) is 15.0. The summed E-state index contributed by atoms with van der Waals surface area (Å²) in [5.74, 6) is -0.912. The van der Waals surface area contributed by atoms with Gasteiger partial charge in [-0.1, -0.05) is 36.4 Å². The minimum Gasteiger partial charge on any atom is -0.289 e. The van der Waals surface area contributed by atoms with Gasteiger partial charge in [0.05, 0.1) is 5.69 Å². The van der Waals surface area contributed by atoms with Crippen LogP contribution in [0.25, 0.3) is 10.6 Å². The van der Waals surface area contributed by atoms with Crippen molar-refractivity contribution in [2.45, 2.75) is 32.1 Å². The quantitative estimate of drug-likeness (QED) is 0.524. The van der Waals surface area contributed by atoms with E-state index in [0.717, 1.165) is 26.7 Å². The third-order valence-corrected chi connectivity index (χ3v) is 6.71. The van der Waals surface area contributed by atoms with Gasteiger partial charge in [-0.15, -0.1) is 11.3 Å². The van der Waals surface area contributed by atoms with E-state index >= 15 is 0 Å². The van der Waals surface area contributed by atoms with E-state index in [0.29, 0.717) is 24.0 Å². The Bertz CT molecular complexity index is 1050. The highest BCUT2D eigenvalue weighted by Gasteiger charge is 2.50. The molecule has 2 aromatic carbocycles. The maximum Gasteiger partial charge on any atom is 0.259 e. The molecule has 138 valence electrons. The van der Waals surface area contributed by atoms with E-state index in [2.05, 4.69) is 0 Å². The second-order valence-electron chi connectivity index (χ2n) is 6.87. The van der Waals surface area contributed by atoms with E-state index in [1.54, 1.807) is 19.1 Å². The fourth-order valence-electron chi connectivity index (χ4n) is 3.96. The summed E-state index contributed by atoms with van der Waals surface area (Å²) in [6.07, 6.45) is 1.05. The lowest BCUT2D eigenvalue weighted by Gasteiger charge is -2.28. The number of carbonyl (C=O) groups is 1. The molecule has 1 atom stereocenters. The Kier molecular flexibility index (Phi) is 4.32. The highest BCUT2D eigenvalue weighted by atomic mass is 32.1. The van der Waals surface area contributed by atoms with Gasteiger partial charge in [-0.2, -0.15) is 0 Å². The van der Waals surface area contributed by atoms with Gasteiger partial charge in [-0.25, -0.2) is 14.9 Å². The summed E-state index contributed by atoms with van der Waals surface area (Å²) >= 11 is 1.44. The number of halogens is 1. The van der Waals surface area contributed by atoms with Crippen LogP contribution >= 0.6 is 11.3 Å². The molecule has 4 nitrogen and oxygen atoms in total. The minimum absolute atomic E-state index is 0.366. The summed E-state index contributed by atoms with van der Waals surface area (Å²) in [4.78, 5) is 18.4. The standard InChI is InChI=1S/C21H19FN2O2S/c1-12-6-3-4-7-14(12)19-23-17-10-11-21(18(17)27-19,20(25)24-26)15-8-5-9-16(22)13(15)2/h3-9,26H,10-11H2,1-2H3,(H,24,25)/t21-/m1/s1. The summed E-state index contributed by atoms with van der Waals surface area (Å²) in [7, 11) is 0. The Balaban J connectivity index is 1.94. The van der Waals surface area contributed by atoms with E-state index < -0.39 is 11.3 Å². The highest BCUT2D eigenvalue weighted by molar-refractivity contribution is 7.15. The number of benzene rings is 2. The molecule has 0 fully saturated rings. The SMILES string of the molecule is Cc1ccccc1-c1nc2c(s1)[C@](C(=O)NO)(c1cccc(F)c1C)CC2. The first-order valence-electron chi connectivity index (χ1n) is 8.75. The summed E-state index contributed by atoms with van der Waals surface area (Å²) in [6, 6.07) is 12.7. The van der Waals surface area contributed by atoms with Crippen molar-refractivity contribution in [2.24, 2.45) is 0 Å². The predicted octanol–water partition coefficient (Wildman–Crippen LogP) is 4.30. The van der Waals surface area contributed by atoms with Crippen LogP contribution in [0.2, 0.25) is 0 Å². The largest absolute Gasteiger partial charge is 0.289 e. The van der Waals surface area contributed by atoms with Crippen LogP contribution in [0.15, 0.2) is 42.5 Å². The Labute approximate surface area is 160 Å². The Morgan fingerprint density at radius 1 is 1.22 bits per heavy atom. The molecule has 0 spiro atoms. The minimum atomic E-state index is -1.13. The van der Waals surface area contributed by atoms with Crippen LogP contribution in [-0.2, 0) is 16.6 Å². The van der Waals surface area contributed by atoms with E-state index in [1.165, 1.54) is 17.4 Å². The first kappa shape index (κ1) is 17.8. The lowest BCUT2D eigenvalue weighted by molar-refractivity contribution is -0.133. The van der Waals surface area contributed by atoms with Crippen LogP contribution in [0.3, 0.4) is 0 Å². The van der Waals surface area contributed by atoms with E-state index in [-0.39, 0.29) is 5.82 Å². The molecule has 0 bridgehead atoms. The van der Waals surface area contributed by atoms with E-state index in [1.807, 2.05) is 36.7 Å². The summed E-state index contributed by atoms with van der Waals surface area (Å²) < 4.78 is 14.3. The van der Waals surface area contributed by atoms with Gasteiger partial charge in [0.15, 0.2) is 0 Å². The molecule has 0 radical (unpaired) electrons. The molecule has 1 aromatic heterocycles. The number of hydrogen-bond donors (Lipinski definition) is 2. The van der Waals surface area contributed by atoms with Crippen molar-refractivity contribution in [1.82, 2.24) is 10.5 Å². The van der Waals surface area contributed by atoms with Gasteiger partial charge < -0.3 is 0 Å². The molecule has 3 aromatic rings. The van der Waals surface area contributed by atoms with Crippen molar-refractivity contribution < 1.29 is 14.4 Å². The second kappa shape index (κ2) is 6.55. The normalized spacial score (nSPS) is 18.4. The average Bonchev–Trinajstić information content (AvgIpc) is 3.24. The molecule has 0 saturated heterocycles. The second-order valence-corrected chi connectivity index (χ2v) is 7.87. The summed E-state index contributed by atoms with van der Waals surface area (Å²) in [5, 5.41) is 10.3. The molecule has 4 rings (SSSR count). The molecule has 2 N–H and O–H groups in total. The molecule has 6 heteroatoms. The maximum atomic E-state index is 14.3. The lowest BCUT2D eigenvalue weighted by atomic mass is 9.76. The number of thiazole rings is 1. The molecule has 1 aliphatic carbocycles. The van der Waals surface area contributed by atoms with Gasteiger partial charge in [0.25, 0.3) is 5.91 Å². The number of amides is 1. The molecule has 1 heterocycles. The van der Waals surface area contributed by atoms with Crippen LogP contribution in [0.4, 0.5) is 4.39 Å². The lowest BCUT2D eigenvalue weighted by Crippen LogP contribution is -2.42. The molecular weight excluding hydrogens is 363 g/mol. The topological polar surface area (TPSA) is 62.2 Å². The first-order valence-corrected chi connectivity index (χ1v) is 9.57. The number of aromatic nitrogens is 1. The number of nitrogens with one attached hydrogen (secondary N) is 1. The van der Waals surface area contributed by atoms with Gasteiger partial charge in [-0.05, 0) is 49.4 Å². The van der Waals surface area contributed by atoms with Crippen molar-refractivity contribution in [1.29, 1.82) is 0 Å². The van der Waals surface area contributed by atoms with E-state index in [4.69, 9.17) is 4.98 Å². The van der Waals surface area contributed by atoms with Gasteiger partial charge >= 0.3 is 0 Å². The number of nitrogens with zero attached hydrogens (tertiary/aromatic N) is 1. The van der Waals surface area contributed by atoms with Gasteiger partial charge in [0.2, 0.25) is 0 Å². The number of aryl methyl sites for hydroxylation is 2. The molecular formula is C21H19FN2O2S. The smallest absolute Gasteiger partial charge is 0.259 e. The van der Waals surface area contributed by atoms with Crippen LogP contribution in [0.1, 0.15) is 33.7 Å². The Morgan fingerprint density at radius 3 is 2.74 bits per heavy atom.